The summed E-state index contributed by atoms with van der Waals surface area (Å²) >= 11 is 0. The Balaban J connectivity index is 1.29. The van der Waals surface area contributed by atoms with E-state index in [4.69, 9.17) is 0 Å². The van der Waals surface area contributed by atoms with E-state index in [0.29, 0.717) is 0 Å². The number of allylic oxidation sites excluding steroid dienone is 1. The van der Waals surface area contributed by atoms with Gasteiger partial charge in [0.15, 0.2) is 0 Å². The predicted octanol–water partition coefficient (Wildman–Crippen LogP) is 14.9. The quantitative estimate of drug-likeness (QED) is 0.165. The van der Waals surface area contributed by atoms with E-state index < -0.39 is 0 Å². The summed E-state index contributed by atoms with van der Waals surface area (Å²) in [5, 5.41) is 9.07. The molecule has 0 aliphatic heterocycles. The topological polar surface area (TPSA) is 13.1 Å². The fourth-order valence-electron chi connectivity index (χ4n) is 10.5. The zero-order valence-electron chi connectivity index (χ0n) is 32.3. The number of para-hydroxylation sites is 3. The van der Waals surface area contributed by atoms with Crippen LogP contribution in [0.4, 0.5) is 17.1 Å². The van der Waals surface area contributed by atoms with Gasteiger partial charge in [-0.05, 0) is 107 Å². The minimum absolute atomic E-state index is 0.969. The summed E-state index contributed by atoms with van der Waals surface area (Å²) in [6.07, 6.45) is 4.48. The molecule has 0 saturated heterocycles. The highest BCUT2D eigenvalue weighted by Gasteiger charge is 2.34. The van der Waals surface area contributed by atoms with Crippen molar-refractivity contribution in [3.63, 3.8) is 0 Å². The Labute approximate surface area is 341 Å². The van der Waals surface area contributed by atoms with E-state index in [1.807, 2.05) is 0 Å². The van der Waals surface area contributed by atoms with Crippen molar-refractivity contribution in [1.82, 2.24) is 9.13 Å². The van der Waals surface area contributed by atoms with Crippen molar-refractivity contribution in [2.24, 2.45) is 0 Å². The van der Waals surface area contributed by atoms with Crippen LogP contribution in [0.2, 0.25) is 0 Å². The summed E-state index contributed by atoms with van der Waals surface area (Å²) in [6.45, 7) is 0. The molecule has 9 aromatic carbocycles. The zero-order chi connectivity index (χ0) is 38.6. The Hall–Kier alpha value is -7.62. The molecule has 13 rings (SSSR count). The molecule has 276 valence electrons. The van der Waals surface area contributed by atoms with Crippen LogP contribution < -0.4 is 4.90 Å². The average molecular weight is 752 g/mol. The monoisotopic (exact) mass is 751 g/mol. The van der Waals surface area contributed by atoms with Gasteiger partial charge in [0, 0.05) is 60.6 Å². The van der Waals surface area contributed by atoms with Gasteiger partial charge in [-0.3, -0.25) is 0 Å². The molecule has 0 saturated carbocycles. The molecule has 11 aromatic rings. The second-order valence-corrected chi connectivity index (χ2v) is 15.9. The van der Waals surface area contributed by atoms with Crippen molar-refractivity contribution in [2.45, 2.75) is 12.8 Å². The molecule has 3 nitrogen and oxygen atoms in total. The number of rotatable bonds is 6. The fourth-order valence-corrected chi connectivity index (χ4v) is 10.5. The van der Waals surface area contributed by atoms with Gasteiger partial charge in [0.1, 0.15) is 0 Å². The maximum Gasteiger partial charge on any atom is 0.0568 e. The summed E-state index contributed by atoms with van der Waals surface area (Å²) in [5.41, 5.74) is 17.4. The molecule has 0 spiro atoms. The second kappa shape index (κ2) is 12.4. The van der Waals surface area contributed by atoms with Gasteiger partial charge in [-0.1, -0.05) is 133 Å². The molecule has 59 heavy (non-hydrogen) atoms. The molecular formula is C56H37N3. The van der Waals surface area contributed by atoms with Gasteiger partial charge in [-0.2, -0.15) is 0 Å². The Morgan fingerprint density at radius 1 is 0.441 bits per heavy atom. The number of hydrogen-bond donors (Lipinski definition) is 0. The van der Waals surface area contributed by atoms with Crippen molar-refractivity contribution in [2.75, 3.05) is 4.90 Å². The minimum atomic E-state index is 0.969. The fraction of sp³-hybridized carbons (Fsp3) is 0.0357. The molecule has 0 bridgehead atoms. The summed E-state index contributed by atoms with van der Waals surface area (Å²) in [4.78, 5) is 2.46. The highest BCUT2D eigenvalue weighted by Crippen LogP contribution is 2.55. The molecule has 0 amide bonds. The molecule has 0 atom stereocenters. The summed E-state index contributed by atoms with van der Waals surface area (Å²) in [6, 6.07) is 71.5. The summed E-state index contributed by atoms with van der Waals surface area (Å²) < 4.78 is 5.15. The van der Waals surface area contributed by atoms with Crippen molar-refractivity contribution in [3.05, 3.63) is 217 Å². The molecular weight excluding hydrogens is 715 g/mol. The molecule has 0 unspecified atom stereocenters. The number of aromatic nitrogens is 2. The van der Waals surface area contributed by atoms with Crippen molar-refractivity contribution < 1.29 is 0 Å². The molecule has 2 aromatic heterocycles. The van der Waals surface area contributed by atoms with Crippen LogP contribution in [0.3, 0.4) is 0 Å². The van der Waals surface area contributed by atoms with Crippen LogP contribution >= 0.6 is 0 Å². The first-order chi connectivity index (χ1) is 29.3. The SMILES string of the molecule is C1=C2c3c(n(-c4cccc5ccccc45)c4ccc5c(N(c6ccccc6)c6ccccc6)cc6c(c7c2cc(-c2ccccc2)cc7n6-c2ccccc2)c5c34)CC1. The van der Waals surface area contributed by atoms with E-state index in [0.717, 1.165) is 35.6 Å². The highest BCUT2D eigenvalue weighted by molar-refractivity contribution is 6.36. The molecule has 2 aliphatic rings. The largest absolute Gasteiger partial charge is 0.312 e. The van der Waals surface area contributed by atoms with Gasteiger partial charge in [0.2, 0.25) is 0 Å². The van der Waals surface area contributed by atoms with E-state index in [1.54, 1.807) is 0 Å². The first-order valence-electron chi connectivity index (χ1n) is 20.7. The van der Waals surface area contributed by atoms with Gasteiger partial charge >= 0.3 is 0 Å². The molecule has 3 heteroatoms. The van der Waals surface area contributed by atoms with E-state index in [2.05, 4.69) is 214 Å². The maximum atomic E-state index is 2.61. The van der Waals surface area contributed by atoms with Crippen LogP contribution in [0, 0.1) is 0 Å². The third kappa shape index (κ3) is 4.58. The number of nitrogens with zero attached hydrogens (tertiary/aromatic N) is 3. The van der Waals surface area contributed by atoms with Gasteiger partial charge in [-0.25, -0.2) is 0 Å². The Bertz CT molecular complexity index is 3480. The van der Waals surface area contributed by atoms with Crippen LogP contribution in [0.15, 0.2) is 200 Å². The molecule has 2 heterocycles. The van der Waals surface area contributed by atoms with E-state index in [9.17, 15) is 0 Å². The zero-order valence-corrected chi connectivity index (χ0v) is 32.3. The smallest absolute Gasteiger partial charge is 0.0568 e. The lowest BCUT2D eigenvalue weighted by Crippen LogP contribution is -2.10. The lowest BCUT2D eigenvalue weighted by molar-refractivity contribution is 0.887. The molecule has 2 aliphatic carbocycles. The number of anilines is 3. The van der Waals surface area contributed by atoms with Gasteiger partial charge in [0.05, 0.1) is 27.9 Å². The minimum Gasteiger partial charge on any atom is -0.312 e. The number of hydrogen-bond acceptors (Lipinski definition) is 1. The molecule has 0 N–H and O–H groups in total. The normalized spacial score (nSPS) is 13.1. The first kappa shape index (κ1) is 32.5. The van der Waals surface area contributed by atoms with Crippen LogP contribution in [0.1, 0.15) is 23.2 Å². The molecule has 0 fully saturated rings. The Kier molecular flexibility index (Phi) is 6.84. The van der Waals surface area contributed by atoms with Gasteiger partial charge in [0.25, 0.3) is 0 Å². The van der Waals surface area contributed by atoms with Gasteiger partial charge in [-0.15, -0.1) is 0 Å². The van der Waals surface area contributed by atoms with E-state index >= 15 is 0 Å². The van der Waals surface area contributed by atoms with Crippen LogP contribution in [-0.4, -0.2) is 9.13 Å². The van der Waals surface area contributed by atoms with Crippen molar-refractivity contribution in [1.29, 1.82) is 0 Å². The lowest BCUT2D eigenvalue weighted by Gasteiger charge is -2.27. The van der Waals surface area contributed by atoms with Crippen LogP contribution in [0.5, 0.6) is 0 Å². The Morgan fingerprint density at radius 2 is 1.10 bits per heavy atom. The van der Waals surface area contributed by atoms with E-state index in [1.165, 1.54) is 93.5 Å². The maximum absolute atomic E-state index is 2.61. The van der Waals surface area contributed by atoms with Gasteiger partial charge < -0.3 is 14.0 Å². The van der Waals surface area contributed by atoms with Crippen molar-refractivity contribution >= 4 is 76.9 Å². The van der Waals surface area contributed by atoms with Crippen LogP contribution in [-0.2, 0) is 6.42 Å². The lowest BCUT2D eigenvalue weighted by atomic mass is 9.87. The number of benzene rings is 9. The third-order valence-electron chi connectivity index (χ3n) is 12.8. The third-order valence-corrected chi connectivity index (χ3v) is 12.8. The second-order valence-electron chi connectivity index (χ2n) is 15.9. The standard InChI is InChI=1S/C56H37N3/c1-5-17-36(18-6-1)38-33-45-43-28-16-30-47-52(43)55-48(59(47)46-29-15-20-37-19-13-14-27-42(37)46)32-31-44-49(57(39-21-7-2-8-22-39)40-23-9-3-10-24-40)35-51-56(54(44)55)53(45)50(34-38)58(51)41-25-11-4-12-26-41/h1-15,17-29,31-35H,16,30H2. The predicted molar refractivity (Wildman–Crippen MR) is 248 cm³/mol. The highest BCUT2D eigenvalue weighted by atomic mass is 15.1. The summed E-state index contributed by atoms with van der Waals surface area (Å²) in [5.74, 6) is 0. The van der Waals surface area contributed by atoms with Crippen LogP contribution in [0.25, 0.3) is 82.3 Å². The van der Waals surface area contributed by atoms with E-state index in [-0.39, 0.29) is 0 Å². The molecule has 0 radical (unpaired) electrons. The van der Waals surface area contributed by atoms with Crippen molar-refractivity contribution in [3.8, 4) is 22.5 Å². The first-order valence-corrected chi connectivity index (χ1v) is 20.7. The Morgan fingerprint density at radius 3 is 1.86 bits per heavy atom. The summed E-state index contributed by atoms with van der Waals surface area (Å²) in [7, 11) is 0. The average Bonchev–Trinajstić information content (AvgIpc) is 3.78. The number of fused-ring (bicyclic) bond motifs is 2.